The number of pyridine rings is 1. The number of hydrogen-bond acceptors (Lipinski definition) is 5. The first kappa shape index (κ1) is 24.1. The first-order valence-corrected chi connectivity index (χ1v) is 10.9. The van der Waals surface area contributed by atoms with E-state index >= 15 is 0 Å². The van der Waals surface area contributed by atoms with E-state index in [0.29, 0.717) is 38.4 Å². The number of fused-ring (bicyclic) bond motifs is 1. The predicted molar refractivity (Wildman–Crippen MR) is 129 cm³/mol. The predicted octanol–water partition coefficient (Wildman–Crippen LogP) is 6.26. The van der Waals surface area contributed by atoms with Gasteiger partial charge in [0.1, 0.15) is 5.75 Å². The van der Waals surface area contributed by atoms with Crippen LogP contribution in [0.25, 0.3) is 22.2 Å². The molecule has 1 aromatic heterocycles. The topological polar surface area (TPSA) is 77.5 Å². The second kappa shape index (κ2) is 10.5. The van der Waals surface area contributed by atoms with Crippen LogP contribution in [-0.2, 0) is 9.53 Å². The zero-order valence-electron chi connectivity index (χ0n) is 18.4. The molecule has 0 atom stereocenters. The van der Waals surface area contributed by atoms with E-state index in [4.69, 9.17) is 21.3 Å². The zero-order chi connectivity index (χ0) is 24.9. The molecular formula is C26H19ClF2N2O4. The molecule has 0 aliphatic heterocycles. The van der Waals surface area contributed by atoms with Crippen LogP contribution in [0.2, 0.25) is 5.02 Å². The van der Waals surface area contributed by atoms with Gasteiger partial charge in [-0.1, -0.05) is 41.9 Å². The largest absolute Gasteiger partial charge is 0.452 e. The summed E-state index contributed by atoms with van der Waals surface area (Å²) in [6, 6.07) is 19.7. The average Bonchev–Trinajstić information content (AvgIpc) is 2.83. The summed E-state index contributed by atoms with van der Waals surface area (Å²) < 4.78 is 34.1. The summed E-state index contributed by atoms with van der Waals surface area (Å²) in [6.45, 7) is -1.73. The van der Waals surface area contributed by atoms with Crippen molar-refractivity contribution in [3.63, 3.8) is 0 Å². The molecule has 4 rings (SSSR count). The number of ether oxygens (including phenoxy) is 2. The lowest BCUT2D eigenvalue weighted by Gasteiger charge is -2.14. The summed E-state index contributed by atoms with van der Waals surface area (Å²) in [5.74, 6) is -1.31. The Morgan fingerprint density at radius 1 is 1.03 bits per heavy atom. The Hall–Kier alpha value is -4.04. The van der Waals surface area contributed by atoms with Gasteiger partial charge < -0.3 is 14.8 Å². The highest BCUT2D eigenvalue weighted by atomic mass is 35.5. The van der Waals surface area contributed by atoms with Gasteiger partial charge in [-0.25, -0.2) is 9.78 Å². The van der Waals surface area contributed by atoms with Crippen LogP contribution >= 0.6 is 11.6 Å². The number of nitrogens with zero attached hydrogens (tertiary/aromatic N) is 1. The van der Waals surface area contributed by atoms with Crippen molar-refractivity contribution in [1.29, 1.82) is 0 Å². The number of aromatic nitrogens is 1. The molecule has 178 valence electrons. The van der Waals surface area contributed by atoms with Gasteiger partial charge >= 0.3 is 12.6 Å². The summed E-state index contributed by atoms with van der Waals surface area (Å²) in [4.78, 5) is 30.1. The van der Waals surface area contributed by atoms with E-state index < -0.39 is 25.1 Å². The monoisotopic (exact) mass is 496 g/mol. The third kappa shape index (κ3) is 5.73. The van der Waals surface area contributed by atoms with Crippen LogP contribution in [0.5, 0.6) is 5.75 Å². The second-order valence-electron chi connectivity index (χ2n) is 7.52. The molecule has 0 aliphatic rings. The van der Waals surface area contributed by atoms with E-state index in [1.54, 1.807) is 43.3 Å². The molecule has 1 heterocycles. The SMILES string of the molecule is Cc1c(-c2cccc(Cl)c2)nc2ccccc2c1C(=O)OCC(=O)Nc1ccc(OC(F)F)cc1. The van der Waals surface area contributed by atoms with Crippen LogP contribution < -0.4 is 10.1 Å². The number of alkyl halides is 2. The lowest BCUT2D eigenvalue weighted by Crippen LogP contribution is -2.21. The van der Waals surface area contributed by atoms with Gasteiger partial charge in [0.25, 0.3) is 5.91 Å². The molecule has 0 radical (unpaired) electrons. The molecule has 0 saturated carbocycles. The Morgan fingerprint density at radius 3 is 2.49 bits per heavy atom. The molecule has 0 spiro atoms. The average molecular weight is 497 g/mol. The van der Waals surface area contributed by atoms with E-state index in [0.717, 1.165) is 5.56 Å². The van der Waals surface area contributed by atoms with Crippen LogP contribution in [0.4, 0.5) is 14.5 Å². The third-order valence-corrected chi connectivity index (χ3v) is 5.37. The fourth-order valence-corrected chi connectivity index (χ4v) is 3.80. The van der Waals surface area contributed by atoms with Crippen molar-refractivity contribution in [2.75, 3.05) is 11.9 Å². The normalized spacial score (nSPS) is 10.9. The molecule has 1 N–H and O–H groups in total. The maximum Gasteiger partial charge on any atom is 0.387 e. The Bertz CT molecular complexity index is 1390. The van der Waals surface area contributed by atoms with Gasteiger partial charge in [-0.2, -0.15) is 8.78 Å². The van der Waals surface area contributed by atoms with Crippen LogP contribution in [-0.4, -0.2) is 30.1 Å². The van der Waals surface area contributed by atoms with Crippen molar-refractivity contribution in [2.24, 2.45) is 0 Å². The molecule has 4 aromatic rings. The first-order chi connectivity index (χ1) is 16.8. The number of halogens is 3. The number of hydrogen-bond donors (Lipinski definition) is 1. The van der Waals surface area contributed by atoms with E-state index in [-0.39, 0.29) is 5.75 Å². The van der Waals surface area contributed by atoms with E-state index in [1.165, 1.54) is 24.3 Å². The minimum atomic E-state index is -2.94. The van der Waals surface area contributed by atoms with Crippen molar-refractivity contribution < 1.29 is 27.8 Å². The lowest BCUT2D eigenvalue weighted by atomic mass is 9.98. The number of amides is 1. The number of nitrogens with one attached hydrogen (secondary N) is 1. The number of anilines is 1. The molecular weight excluding hydrogens is 478 g/mol. The van der Waals surface area contributed by atoms with Crippen molar-refractivity contribution in [1.82, 2.24) is 4.98 Å². The van der Waals surface area contributed by atoms with Gasteiger partial charge in [-0.05, 0) is 55.0 Å². The van der Waals surface area contributed by atoms with Gasteiger partial charge in [0.15, 0.2) is 6.61 Å². The summed E-state index contributed by atoms with van der Waals surface area (Å²) in [5, 5.41) is 3.67. The fraction of sp³-hybridized carbons (Fsp3) is 0.115. The van der Waals surface area contributed by atoms with Gasteiger partial charge in [0.2, 0.25) is 0 Å². The highest BCUT2D eigenvalue weighted by molar-refractivity contribution is 6.30. The molecule has 9 heteroatoms. The second-order valence-corrected chi connectivity index (χ2v) is 7.95. The quantitative estimate of drug-likeness (QED) is 0.305. The number of rotatable bonds is 7. The first-order valence-electron chi connectivity index (χ1n) is 10.5. The molecule has 1 amide bonds. The summed E-state index contributed by atoms with van der Waals surface area (Å²) >= 11 is 6.15. The van der Waals surface area contributed by atoms with Gasteiger partial charge in [-0.3, -0.25) is 4.79 Å². The van der Waals surface area contributed by atoms with Crippen LogP contribution in [0.1, 0.15) is 15.9 Å². The maximum atomic E-state index is 13.1. The minimum absolute atomic E-state index is 0.0417. The lowest BCUT2D eigenvalue weighted by molar-refractivity contribution is -0.119. The highest BCUT2D eigenvalue weighted by Gasteiger charge is 2.21. The Labute approximate surface area is 204 Å². The van der Waals surface area contributed by atoms with Crippen LogP contribution in [0.15, 0.2) is 72.8 Å². The Balaban J connectivity index is 1.53. The summed E-state index contributed by atoms with van der Waals surface area (Å²) in [6.07, 6.45) is 0. The number of esters is 1. The van der Waals surface area contributed by atoms with E-state index in [1.807, 2.05) is 12.1 Å². The molecule has 35 heavy (non-hydrogen) atoms. The molecule has 0 aliphatic carbocycles. The van der Waals surface area contributed by atoms with E-state index in [9.17, 15) is 18.4 Å². The Morgan fingerprint density at radius 2 is 1.77 bits per heavy atom. The summed E-state index contributed by atoms with van der Waals surface area (Å²) in [5.41, 5.74) is 3.13. The molecule has 3 aromatic carbocycles. The maximum absolute atomic E-state index is 13.1. The van der Waals surface area contributed by atoms with Crippen LogP contribution in [0.3, 0.4) is 0 Å². The molecule has 0 saturated heterocycles. The number of benzene rings is 3. The molecule has 0 unspecified atom stereocenters. The standard InChI is InChI=1S/C26H19ClF2N2O4/c1-15-23(20-7-2-3-8-21(20)31-24(15)16-5-4-6-17(27)13-16)25(33)34-14-22(32)30-18-9-11-19(12-10-18)35-26(28)29/h2-13,26H,14H2,1H3,(H,30,32). The highest BCUT2D eigenvalue weighted by Crippen LogP contribution is 2.31. The Kier molecular flexibility index (Phi) is 7.22. The molecule has 6 nitrogen and oxygen atoms in total. The van der Waals surface area contributed by atoms with Gasteiger partial charge in [-0.15, -0.1) is 0 Å². The van der Waals surface area contributed by atoms with Crippen molar-refractivity contribution in [3.05, 3.63) is 88.9 Å². The van der Waals surface area contributed by atoms with Gasteiger partial charge in [0, 0.05) is 21.7 Å². The third-order valence-electron chi connectivity index (χ3n) is 5.14. The minimum Gasteiger partial charge on any atom is -0.452 e. The fourth-order valence-electron chi connectivity index (χ4n) is 3.61. The van der Waals surface area contributed by atoms with Crippen molar-refractivity contribution in [3.8, 4) is 17.0 Å². The number of carbonyl (C=O) groups excluding carboxylic acids is 2. The molecule has 0 bridgehead atoms. The summed E-state index contributed by atoms with van der Waals surface area (Å²) in [7, 11) is 0. The van der Waals surface area contributed by atoms with Crippen molar-refractivity contribution in [2.45, 2.75) is 13.5 Å². The van der Waals surface area contributed by atoms with E-state index in [2.05, 4.69) is 10.1 Å². The smallest absolute Gasteiger partial charge is 0.387 e. The van der Waals surface area contributed by atoms with Crippen LogP contribution in [0, 0.1) is 6.92 Å². The number of carbonyl (C=O) groups is 2. The van der Waals surface area contributed by atoms with Gasteiger partial charge in [0.05, 0.1) is 16.8 Å². The van der Waals surface area contributed by atoms with Crippen molar-refractivity contribution >= 4 is 40.1 Å². The zero-order valence-corrected chi connectivity index (χ0v) is 19.2. The molecule has 0 fully saturated rings. The number of para-hydroxylation sites is 1.